The van der Waals surface area contributed by atoms with Gasteiger partial charge in [0.15, 0.2) is 9.84 Å². The van der Waals surface area contributed by atoms with Crippen LogP contribution in [0.4, 0.5) is 0 Å². The Morgan fingerprint density at radius 1 is 1.50 bits per heavy atom. The molecule has 0 bridgehead atoms. The highest BCUT2D eigenvalue weighted by molar-refractivity contribution is 7.91. The highest BCUT2D eigenvalue weighted by atomic mass is 32.2. The molecule has 1 rings (SSSR count). The van der Waals surface area contributed by atoms with Crippen LogP contribution in [-0.4, -0.2) is 19.9 Å². The van der Waals surface area contributed by atoms with Crippen LogP contribution in [-0.2, 0) is 9.84 Å². The summed E-state index contributed by atoms with van der Waals surface area (Å²) in [4.78, 5) is 0. The maximum Gasteiger partial charge on any atom is 0.150 e. The second-order valence-electron chi connectivity index (χ2n) is 3.93. The predicted octanol–water partition coefficient (Wildman–Crippen LogP) is 1.86. The van der Waals surface area contributed by atoms with Crippen molar-refractivity contribution in [3.8, 4) is 0 Å². The van der Waals surface area contributed by atoms with Gasteiger partial charge in [-0.3, -0.25) is 0 Å². The maximum absolute atomic E-state index is 11.1. The van der Waals surface area contributed by atoms with E-state index in [0.29, 0.717) is 23.3 Å². The van der Waals surface area contributed by atoms with Crippen LogP contribution in [0.1, 0.15) is 33.1 Å². The molecule has 0 amide bonds. The van der Waals surface area contributed by atoms with Gasteiger partial charge in [-0.1, -0.05) is 26.7 Å². The third-order valence-corrected chi connectivity index (χ3v) is 4.61. The molecule has 12 heavy (non-hydrogen) atoms. The van der Waals surface area contributed by atoms with Gasteiger partial charge in [-0.2, -0.15) is 0 Å². The Morgan fingerprint density at radius 2 is 2.17 bits per heavy atom. The van der Waals surface area contributed by atoms with E-state index in [1.807, 2.05) is 0 Å². The van der Waals surface area contributed by atoms with Crippen LogP contribution >= 0.6 is 0 Å². The normalized spacial score (nSPS) is 30.3. The Bertz CT molecular complexity index is 231. The fourth-order valence-electron chi connectivity index (χ4n) is 1.96. The average molecular weight is 190 g/mol. The molecule has 0 spiro atoms. The van der Waals surface area contributed by atoms with Gasteiger partial charge >= 0.3 is 0 Å². The zero-order chi connectivity index (χ0) is 9.19. The van der Waals surface area contributed by atoms with Crippen molar-refractivity contribution in [2.75, 3.05) is 11.5 Å². The predicted molar refractivity (Wildman–Crippen MR) is 50.8 cm³/mol. The number of hydrogen-bond donors (Lipinski definition) is 0. The SMILES string of the molecule is CCCC(C)C1CCS(=O)(=O)C1. The quantitative estimate of drug-likeness (QED) is 0.680. The lowest BCUT2D eigenvalue weighted by Gasteiger charge is -2.15. The molecule has 0 radical (unpaired) electrons. The topological polar surface area (TPSA) is 34.1 Å². The Hall–Kier alpha value is -0.0500. The summed E-state index contributed by atoms with van der Waals surface area (Å²) < 4.78 is 22.3. The van der Waals surface area contributed by atoms with Crippen LogP contribution in [0.5, 0.6) is 0 Å². The molecule has 0 N–H and O–H groups in total. The lowest BCUT2D eigenvalue weighted by molar-refractivity contribution is 0.368. The van der Waals surface area contributed by atoms with Crippen molar-refractivity contribution < 1.29 is 8.42 Å². The highest BCUT2D eigenvalue weighted by Crippen LogP contribution is 2.28. The van der Waals surface area contributed by atoms with Gasteiger partial charge in [0, 0.05) is 0 Å². The Balaban J connectivity index is 2.46. The van der Waals surface area contributed by atoms with Gasteiger partial charge in [0.05, 0.1) is 11.5 Å². The van der Waals surface area contributed by atoms with E-state index in [2.05, 4.69) is 13.8 Å². The molecular formula is C9H18O2S. The minimum absolute atomic E-state index is 0.422. The van der Waals surface area contributed by atoms with Gasteiger partial charge in [0.1, 0.15) is 0 Å². The summed E-state index contributed by atoms with van der Waals surface area (Å²) in [7, 11) is -2.66. The van der Waals surface area contributed by atoms with Crippen LogP contribution in [0, 0.1) is 11.8 Å². The van der Waals surface area contributed by atoms with Crippen molar-refractivity contribution in [2.24, 2.45) is 11.8 Å². The van der Waals surface area contributed by atoms with Gasteiger partial charge in [0.25, 0.3) is 0 Å². The third kappa shape index (κ3) is 2.47. The van der Waals surface area contributed by atoms with Gasteiger partial charge in [-0.05, 0) is 18.3 Å². The molecule has 2 unspecified atom stereocenters. The molecule has 0 aliphatic carbocycles. The first-order chi connectivity index (χ1) is 5.55. The summed E-state index contributed by atoms with van der Waals surface area (Å²) in [5, 5.41) is 0. The van der Waals surface area contributed by atoms with E-state index in [-0.39, 0.29) is 0 Å². The molecule has 72 valence electrons. The zero-order valence-electron chi connectivity index (χ0n) is 7.91. The van der Waals surface area contributed by atoms with E-state index < -0.39 is 9.84 Å². The average Bonchev–Trinajstić information content (AvgIpc) is 2.31. The highest BCUT2D eigenvalue weighted by Gasteiger charge is 2.30. The third-order valence-electron chi connectivity index (χ3n) is 2.82. The van der Waals surface area contributed by atoms with Crippen molar-refractivity contribution in [3.05, 3.63) is 0 Å². The number of sulfone groups is 1. The zero-order valence-corrected chi connectivity index (χ0v) is 8.73. The Labute approximate surface area is 75.3 Å². The Morgan fingerprint density at radius 3 is 2.58 bits per heavy atom. The summed E-state index contributed by atoms with van der Waals surface area (Å²) in [6.45, 7) is 4.33. The van der Waals surface area contributed by atoms with Crippen LogP contribution in [0.2, 0.25) is 0 Å². The minimum atomic E-state index is -2.66. The minimum Gasteiger partial charge on any atom is -0.229 e. The molecule has 1 saturated heterocycles. The molecule has 0 aromatic rings. The van der Waals surface area contributed by atoms with E-state index in [1.54, 1.807) is 0 Å². The molecule has 2 nitrogen and oxygen atoms in total. The summed E-state index contributed by atoms with van der Waals surface area (Å²) in [5.41, 5.74) is 0. The largest absolute Gasteiger partial charge is 0.229 e. The summed E-state index contributed by atoms with van der Waals surface area (Å²) in [5.74, 6) is 1.89. The lowest BCUT2D eigenvalue weighted by atomic mass is 9.90. The lowest BCUT2D eigenvalue weighted by Crippen LogP contribution is -2.13. The van der Waals surface area contributed by atoms with Crippen molar-refractivity contribution in [1.29, 1.82) is 0 Å². The standard InChI is InChI=1S/C9H18O2S/c1-3-4-8(2)9-5-6-12(10,11)7-9/h8-9H,3-7H2,1-2H3. The molecule has 0 aromatic heterocycles. The van der Waals surface area contributed by atoms with Crippen molar-refractivity contribution in [1.82, 2.24) is 0 Å². The molecule has 1 aliphatic heterocycles. The second-order valence-corrected chi connectivity index (χ2v) is 6.16. The van der Waals surface area contributed by atoms with Crippen LogP contribution in [0.3, 0.4) is 0 Å². The molecule has 1 aliphatic rings. The molecule has 2 atom stereocenters. The van der Waals surface area contributed by atoms with Gasteiger partial charge in [-0.25, -0.2) is 8.42 Å². The summed E-state index contributed by atoms with van der Waals surface area (Å²) in [6, 6.07) is 0. The van der Waals surface area contributed by atoms with E-state index >= 15 is 0 Å². The molecule has 0 saturated carbocycles. The second kappa shape index (κ2) is 3.77. The van der Waals surface area contributed by atoms with E-state index in [0.717, 1.165) is 12.8 Å². The van der Waals surface area contributed by atoms with Crippen LogP contribution in [0.25, 0.3) is 0 Å². The maximum atomic E-state index is 11.1. The monoisotopic (exact) mass is 190 g/mol. The van der Waals surface area contributed by atoms with Gasteiger partial charge in [0.2, 0.25) is 0 Å². The summed E-state index contributed by atoms with van der Waals surface area (Å²) in [6.07, 6.45) is 3.22. The van der Waals surface area contributed by atoms with Crippen molar-refractivity contribution in [2.45, 2.75) is 33.1 Å². The first-order valence-corrected chi connectivity index (χ1v) is 6.57. The molecule has 1 heterocycles. The fourth-order valence-corrected chi connectivity index (χ4v) is 3.94. The molecular weight excluding hydrogens is 172 g/mol. The van der Waals surface area contributed by atoms with E-state index in [1.165, 1.54) is 6.42 Å². The van der Waals surface area contributed by atoms with Crippen LogP contribution in [0.15, 0.2) is 0 Å². The van der Waals surface area contributed by atoms with E-state index in [4.69, 9.17) is 0 Å². The van der Waals surface area contributed by atoms with Gasteiger partial charge < -0.3 is 0 Å². The fraction of sp³-hybridized carbons (Fsp3) is 1.00. The van der Waals surface area contributed by atoms with Crippen molar-refractivity contribution >= 4 is 9.84 Å². The van der Waals surface area contributed by atoms with Crippen molar-refractivity contribution in [3.63, 3.8) is 0 Å². The molecule has 0 aromatic carbocycles. The van der Waals surface area contributed by atoms with Crippen LogP contribution < -0.4 is 0 Å². The molecule has 1 fully saturated rings. The smallest absolute Gasteiger partial charge is 0.150 e. The number of hydrogen-bond acceptors (Lipinski definition) is 2. The Kier molecular flexibility index (Phi) is 3.16. The molecule has 3 heteroatoms. The first-order valence-electron chi connectivity index (χ1n) is 4.75. The first kappa shape index (κ1) is 10.0. The van der Waals surface area contributed by atoms with E-state index in [9.17, 15) is 8.42 Å². The van der Waals surface area contributed by atoms with Gasteiger partial charge in [-0.15, -0.1) is 0 Å². The number of rotatable bonds is 3. The summed E-state index contributed by atoms with van der Waals surface area (Å²) >= 11 is 0.